The molecular weight excluding hydrogens is 210 g/mol. The summed E-state index contributed by atoms with van der Waals surface area (Å²) in [6.07, 6.45) is 8.95. The van der Waals surface area contributed by atoms with Gasteiger partial charge in [0.05, 0.1) is 13.7 Å². The number of hydrogen-bond acceptors (Lipinski definition) is 2. The van der Waals surface area contributed by atoms with Crippen molar-refractivity contribution in [2.45, 2.75) is 25.3 Å². The maximum atomic E-state index is 5.39. The van der Waals surface area contributed by atoms with Crippen LogP contribution in [0.25, 0.3) is 0 Å². The fourth-order valence-electron chi connectivity index (χ4n) is 2.60. The van der Waals surface area contributed by atoms with E-state index in [9.17, 15) is 0 Å². The van der Waals surface area contributed by atoms with Crippen molar-refractivity contribution >= 4 is 0 Å². The highest BCUT2D eigenvalue weighted by Crippen LogP contribution is 2.35. The van der Waals surface area contributed by atoms with E-state index < -0.39 is 0 Å². The zero-order chi connectivity index (χ0) is 12.3. The third-order valence-corrected chi connectivity index (χ3v) is 3.51. The lowest BCUT2D eigenvalue weighted by molar-refractivity contribution is 0.246. The summed E-state index contributed by atoms with van der Waals surface area (Å²) in [4.78, 5) is 2.25. The number of terminal acetylenes is 1. The molecule has 0 spiro atoms. The van der Waals surface area contributed by atoms with E-state index >= 15 is 0 Å². The number of rotatable bonds is 3. The molecule has 1 aromatic carbocycles. The minimum atomic E-state index is 0.459. The van der Waals surface area contributed by atoms with Crippen molar-refractivity contribution in [3.8, 4) is 18.1 Å². The molecule has 1 aliphatic carbocycles. The van der Waals surface area contributed by atoms with Gasteiger partial charge in [-0.2, -0.15) is 0 Å². The van der Waals surface area contributed by atoms with Gasteiger partial charge in [0.2, 0.25) is 0 Å². The zero-order valence-electron chi connectivity index (χ0n) is 10.6. The normalized spacial score (nSPS) is 18.6. The molecule has 1 unspecified atom stereocenters. The zero-order valence-corrected chi connectivity index (χ0v) is 10.6. The quantitative estimate of drug-likeness (QED) is 0.739. The fraction of sp³-hybridized carbons (Fsp3) is 0.467. The van der Waals surface area contributed by atoms with Gasteiger partial charge in [-0.15, -0.1) is 6.42 Å². The maximum absolute atomic E-state index is 5.39. The molecule has 0 saturated heterocycles. The molecular formula is C15H19NO. The van der Waals surface area contributed by atoms with Crippen LogP contribution in [0.1, 0.15) is 30.0 Å². The number of benzene rings is 1. The molecule has 0 saturated carbocycles. The summed E-state index contributed by atoms with van der Waals surface area (Å²) in [5.41, 5.74) is 2.82. The minimum Gasteiger partial charge on any atom is -0.497 e. The highest BCUT2D eigenvalue weighted by Gasteiger charge is 2.23. The molecule has 1 atom stereocenters. The van der Waals surface area contributed by atoms with E-state index in [-0.39, 0.29) is 0 Å². The van der Waals surface area contributed by atoms with Crippen LogP contribution in [-0.2, 0) is 6.42 Å². The summed E-state index contributed by atoms with van der Waals surface area (Å²) in [7, 11) is 3.82. The van der Waals surface area contributed by atoms with Gasteiger partial charge < -0.3 is 4.74 Å². The van der Waals surface area contributed by atoms with E-state index in [1.54, 1.807) is 7.11 Å². The van der Waals surface area contributed by atoms with Gasteiger partial charge in [-0.3, -0.25) is 4.90 Å². The molecule has 2 nitrogen and oxygen atoms in total. The Bertz CT molecular complexity index is 433. The molecule has 2 rings (SSSR count). The average Bonchev–Trinajstić information content (AvgIpc) is 2.37. The van der Waals surface area contributed by atoms with Gasteiger partial charge in [0.15, 0.2) is 0 Å². The highest BCUT2D eigenvalue weighted by atomic mass is 16.5. The number of nitrogens with zero attached hydrogens (tertiary/aromatic N) is 1. The first-order valence-electron chi connectivity index (χ1n) is 6.06. The lowest BCUT2D eigenvalue weighted by Crippen LogP contribution is -2.28. The van der Waals surface area contributed by atoms with Crippen LogP contribution in [0.15, 0.2) is 18.2 Å². The molecule has 0 bridgehead atoms. The second kappa shape index (κ2) is 5.25. The third-order valence-electron chi connectivity index (χ3n) is 3.51. The molecule has 0 fully saturated rings. The topological polar surface area (TPSA) is 12.5 Å². The van der Waals surface area contributed by atoms with Gasteiger partial charge in [-0.25, -0.2) is 0 Å². The van der Waals surface area contributed by atoms with Crippen LogP contribution in [0.2, 0.25) is 0 Å². The van der Waals surface area contributed by atoms with Crippen molar-refractivity contribution in [1.82, 2.24) is 4.90 Å². The Morgan fingerprint density at radius 1 is 1.53 bits per heavy atom. The number of fused-ring (bicyclic) bond motifs is 1. The van der Waals surface area contributed by atoms with Gasteiger partial charge >= 0.3 is 0 Å². The monoisotopic (exact) mass is 229 g/mol. The molecule has 1 aliphatic rings. The highest BCUT2D eigenvalue weighted by molar-refractivity contribution is 5.39. The molecule has 0 heterocycles. The van der Waals surface area contributed by atoms with Crippen LogP contribution in [0.4, 0.5) is 0 Å². The Morgan fingerprint density at radius 3 is 3.06 bits per heavy atom. The molecule has 90 valence electrons. The van der Waals surface area contributed by atoms with Gasteiger partial charge in [0, 0.05) is 6.04 Å². The minimum absolute atomic E-state index is 0.459. The van der Waals surface area contributed by atoms with E-state index in [1.807, 2.05) is 6.07 Å². The summed E-state index contributed by atoms with van der Waals surface area (Å²) >= 11 is 0. The summed E-state index contributed by atoms with van der Waals surface area (Å²) < 4.78 is 5.28. The van der Waals surface area contributed by atoms with Crippen molar-refractivity contribution in [3.05, 3.63) is 29.3 Å². The smallest absolute Gasteiger partial charge is 0.119 e. The first-order chi connectivity index (χ1) is 8.26. The predicted molar refractivity (Wildman–Crippen MR) is 70.1 cm³/mol. The van der Waals surface area contributed by atoms with Crippen molar-refractivity contribution in [2.75, 3.05) is 20.7 Å². The molecule has 0 amide bonds. The van der Waals surface area contributed by atoms with Crippen LogP contribution in [0.5, 0.6) is 5.75 Å². The Kier molecular flexibility index (Phi) is 3.71. The van der Waals surface area contributed by atoms with Crippen molar-refractivity contribution < 1.29 is 4.74 Å². The largest absolute Gasteiger partial charge is 0.497 e. The van der Waals surface area contributed by atoms with Crippen molar-refractivity contribution in [2.24, 2.45) is 0 Å². The predicted octanol–water partition coefficient (Wildman–Crippen LogP) is 2.64. The van der Waals surface area contributed by atoms with Gasteiger partial charge in [0.1, 0.15) is 5.75 Å². The Morgan fingerprint density at radius 2 is 2.35 bits per heavy atom. The molecule has 2 heteroatoms. The van der Waals surface area contributed by atoms with Crippen LogP contribution < -0.4 is 4.74 Å². The van der Waals surface area contributed by atoms with Crippen molar-refractivity contribution in [1.29, 1.82) is 0 Å². The molecule has 0 aliphatic heterocycles. The van der Waals surface area contributed by atoms with E-state index in [2.05, 4.69) is 30.0 Å². The standard InChI is InChI=1S/C15H19NO/c1-4-10-16(2)15-7-5-6-12-11-13(17-3)8-9-14(12)15/h1,8-9,11,15H,5-7,10H2,2-3H3. The van der Waals surface area contributed by atoms with E-state index in [0.717, 1.165) is 12.2 Å². The number of hydrogen-bond donors (Lipinski definition) is 0. The second-order valence-corrected chi connectivity index (χ2v) is 4.59. The lowest BCUT2D eigenvalue weighted by Gasteiger charge is -2.32. The Labute approximate surface area is 104 Å². The van der Waals surface area contributed by atoms with Gasteiger partial charge in [-0.1, -0.05) is 12.0 Å². The molecule has 0 N–H and O–H groups in total. The van der Waals surface area contributed by atoms with Gasteiger partial charge in [0.25, 0.3) is 0 Å². The van der Waals surface area contributed by atoms with Crippen LogP contribution in [-0.4, -0.2) is 25.6 Å². The molecule has 1 aromatic rings. The Hall–Kier alpha value is -1.46. The average molecular weight is 229 g/mol. The third kappa shape index (κ3) is 2.45. The first kappa shape index (κ1) is 12.0. The fourth-order valence-corrected chi connectivity index (χ4v) is 2.60. The molecule has 0 aromatic heterocycles. The summed E-state index contributed by atoms with van der Waals surface area (Å²) in [5.74, 6) is 3.67. The second-order valence-electron chi connectivity index (χ2n) is 4.59. The van der Waals surface area contributed by atoms with E-state index in [0.29, 0.717) is 12.6 Å². The summed E-state index contributed by atoms with van der Waals surface area (Å²) in [5, 5.41) is 0. The number of ether oxygens (including phenoxy) is 1. The van der Waals surface area contributed by atoms with Crippen LogP contribution in [0.3, 0.4) is 0 Å². The Balaban J connectivity index is 2.29. The summed E-state index contributed by atoms with van der Waals surface area (Å²) in [6, 6.07) is 6.84. The lowest BCUT2D eigenvalue weighted by atomic mass is 9.87. The van der Waals surface area contributed by atoms with E-state index in [4.69, 9.17) is 11.2 Å². The van der Waals surface area contributed by atoms with Gasteiger partial charge in [-0.05, 0) is 49.6 Å². The van der Waals surface area contributed by atoms with Crippen molar-refractivity contribution in [3.63, 3.8) is 0 Å². The van der Waals surface area contributed by atoms with E-state index in [1.165, 1.54) is 24.0 Å². The summed E-state index contributed by atoms with van der Waals surface area (Å²) in [6.45, 7) is 0.704. The van der Waals surface area contributed by atoms with Crippen LogP contribution >= 0.6 is 0 Å². The molecule has 0 radical (unpaired) electrons. The number of aryl methyl sites for hydroxylation is 1. The number of methoxy groups -OCH3 is 1. The van der Waals surface area contributed by atoms with Crippen LogP contribution in [0, 0.1) is 12.3 Å². The first-order valence-corrected chi connectivity index (χ1v) is 6.06. The maximum Gasteiger partial charge on any atom is 0.119 e. The molecule has 17 heavy (non-hydrogen) atoms. The SMILES string of the molecule is C#CCN(C)C1CCCc2cc(OC)ccc21.